The van der Waals surface area contributed by atoms with E-state index in [0.29, 0.717) is 0 Å². The molecular weight excluding hydrogens is 176 g/mol. The highest BCUT2D eigenvalue weighted by atomic mass is 28.3. The molecule has 0 aliphatic heterocycles. The van der Waals surface area contributed by atoms with Gasteiger partial charge in [0.05, 0.1) is 15.2 Å². The van der Waals surface area contributed by atoms with Crippen LogP contribution in [0.3, 0.4) is 0 Å². The van der Waals surface area contributed by atoms with Gasteiger partial charge in [0.15, 0.2) is 0 Å². The second-order valence-electron chi connectivity index (χ2n) is 4.92. The first kappa shape index (κ1) is 13.2. The van der Waals surface area contributed by atoms with E-state index in [1.54, 1.807) is 0 Å². The van der Waals surface area contributed by atoms with Crippen molar-refractivity contribution < 1.29 is 4.74 Å². The van der Waals surface area contributed by atoms with Crippen LogP contribution in [-0.2, 0) is 4.74 Å². The largest absolute Gasteiger partial charge is 0.382 e. The average molecular weight is 201 g/mol. The van der Waals surface area contributed by atoms with Crippen molar-refractivity contribution >= 4 is 8.07 Å². The Morgan fingerprint density at radius 1 is 0.923 bits per heavy atom. The summed E-state index contributed by atoms with van der Waals surface area (Å²) >= 11 is 0. The standard InChI is InChI=1S/C11H25OSi/c1-9(2)13(8-12-7,10(3)4)11(5)6/h9-11H,7-8H2,1-6H3. The van der Waals surface area contributed by atoms with Crippen molar-refractivity contribution in [3.8, 4) is 0 Å². The summed E-state index contributed by atoms with van der Waals surface area (Å²) in [4.78, 5) is 0. The van der Waals surface area contributed by atoms with Crippen molar-refractivity contribution in [2.45, 2.75) is 58.2 Å². The van der Waals surface area contributed by atoms with Gasteiger partial charge in [0.1, 0.15) is 0 Å². The molecule has 0 heterocycles. The van der Waals surface area contributed by atoms with E-state index in [2.05, 4.69) is 48.7 Å². The van der Waals surface area contributed by atoms with Crippen molar-refractivity contribution in [1.82, 2.24) is 0 Å². The smallest absolute Gasteiger partial charge is 0.0912 e. The third-order valence-electron chi connectivity index (χ3n) is 3.58. The maximum Gasteiger partial charge on any atom is 0.0912 e. The Bertz CT molecular complexity index is 119. The summed E-state index contributed by atoms with van der Waals surface area (Å²) in [5.41, 5.74) is 2.32. The van der Waals surface area contributed by atoms with E-state index in [9.17, 15) is 0 Å². The van der Waals surface area contributed by atoms with Gasteiger partial charge >= 0.3 is 0 Å². The topological polar surface area (TPSA) is 9.23 Å². The highest BCUT2D eigenvalue weighted by Gasteiger charge is 2.42. The molecular formula is C11H25OSi. The molecule has 1 nitrogen and oxygen atoms in total. The molecule has 0 fully saturated rings. The fourth-order valence-corrected chi connectivity index (χ4v) is 8.03. The van der Waals surface area contributed by atoms with Crippen LogP contribution in [0.15, 0.2) is 0 Å². The zero-order chi connectivity index (χ0) is 10.6. The quantitative estimate of drug-likeness (QED) is 0.611. The SMILES string of the molecule is [CH2]OC[Si](C(C)C)(C(C)C)C(C)C. The van der Waals surface area contributed by atoms with E-state index in [1.807, 2.05) is 0 Å². The second-order valence-corrected chi connectivity index (χ2v) is 10.9. The molecule has 0 amide bonds. The van der Waals surface area contributed by atoms with Crippen LogP contribution in [0.4, 0.5) is 0 Å². The van der Waals surface area contributed by atoms with Gasteiger partial charge in [0.25, 0.3) is 0 Å². The molecule has 0 N–H and O–H groups in total. The van der Waals surface area contributed by atoms with E-state index in [0.717, 1.165) is 22.9 Å². The molecule has 0 saturated carbocycles. The minimum atomic E-state index is -1.31. The molecule has 0 saturated heterocycles. The van der Waals surface area contributed by atoms with Crippen molar-refractivity contribution in [2.24, 2.45) is 0 Å². The summed E-state index contributed by atoms with van der Waals surface area (Å²) in [7, 11) is 2.24. The van der Waals surface area contributed by atoms with Crippen molar-refractivity contribution in [2.75, 3.05) is 6.23 Å². The van der Waals surface area contributed by atoms with Crippen LogP contribution in [0.1, 0.15) is 41.5 Å². The van der Waals surface area contributed by atoms with Crippen LogP contribution in [0.25, 0.3) is 0 Å². The predicted molar refractivity (Wildman–Crippen MR) is 62.4 cm³/mol. The van der Waals surface area contributed by atoms with Gasteiger partial charge in [-0.15, -0.1) is 0 Å². The van der Waals surface area contributed by atoms with Crippen LogP contribution < -0.4 is 0 Å². The molecule has 0 aromatic carbocycles. The summed E-state index contributed by atoms with van der Waals surface area (Å²) in [5.74, 6) is 0. The second kappa shape index (κ2) is 5.16. The van der Waals surface area contributed by atoms with Crippen LogP contribution in [0, 0.1) is 7.11 Å². The molecule has 0 atom stereocenters. The van der Waals surface area contributed by atoms with Crippen molar-refractivity contribution in [1.29, 1.82) is 0 Å². The summed E-state index contributed by atoms with van der Waals surface area (Å²) in [5, 5.41) is 0. The first-order valence-corrected chi connectivity index (χ1v) is 7.70. The van der Waals surface area contributed by atoms with Gasteiger partial charge in [-0.3, -0.25) is 0 Å². The lowest BCUT2D eigenvalue weighted by molar-refractivity contribution is 0.288. The van der Waals surface area contributed by atoms with E-state index in [1.165, 1.54) is 0 Å². The molecule has 0 bridgehead atoms. The fraction of sp³-hybridized carbons (Fsp3) is 0.909. The molecule has 13 heavy (non-hydrogen) atoms. The highest BCUT2D eigenvalue weighted by Crippen LogP contribution is 2.41. The first-order valence-electron chi connectivity index (χ1n) is 5.26. The summed E-state index contributed by atoms with van der Waals surface area (Å²) in [6.45, 7) is 14.0. The monoisotopic (exact) mass is 201 g/mol. The van der Waals surface area contributed by atoms with Gasteiger partial charge in [0.2, 0.25) is 0 Å². The van der Waals surface area contributed by atoms with E-state index >= 15 is 0 Å². The Balaban J connectivity index is 4.82. The number of hydrogen-bond acceptors (Lipinski definition) is 1. The molecule has 2 heteroatoms. The highest BCUT2D eigenvalue weighted by molar-refractivity contribution is 6.83. The first-order chi connectivity index (χ1) is 5.89. The third kappa shape index (κ3) is 2.56. The molecule has 0 aromatic heterocycles. The summed E-state index contributed by atoms with van der Waals surface area (Å²) < 4.78 is 5.20. The van der Waals surface area contributed by atoms with E-state index < -0.39 is 8.07 Å². The van der Waals surface area contributed by atoms with Crippen molar-refractivity contribution in [3.05, 3.63) is 7.11 Å². The van der Waals surface area contributed by atoms with Gasteiger partial charge in [0, 0.05) is 6.23 Å². The molecule has 0 aliphatic rings. The normalized spacial score (nSPS) is 13.4. The van der Waals surface area contributed by atoms with E-state index in [-0.39, 0.29) is 0 Å². The predicted octanol–water partition coefficient (Wildman–Crippen LogP) is 4.01. The molecule has 79 valence electrons. The molecule has 0 unspecified atom stereocenters. The molecule has 0 rings (SSSR count). The maximum atomic E-state index is 5.20. The molecule has 0 aliphatic carbocycles. The lowest BCUT2D eigenvalue weighted by Gasteiger charge is -2.42. The molecule has 0 spiro atoms. The van der Waals surface area contributed by atoms with Crippen LogP contribution in [0.2, 0.25) is 16.6 Å². The van der Waals surface area contributed by atoms with E-state index in [4.69, 9.17) is 4.74 Å². The lowest BCUT2D eigenvalue weighted by atomic mass is 10.5. The molecule has 1 radical (unpaired) electrons. The molecule has 0 aromatic rings. The number of rotatable bonds is 5. The van der Waals surface area contributed by atoms with Gasteiger partial charge in [-0.25, -0.2) is 0 Å². The average Bonchev–Trinajstić information content (AvgIpc) is 1.97. The minimum absolute atomic E-state index is 0.772. The summed E-state index contributed by atoms with van der Waals surface area (Å²) in [6, 6.07) is 0. The summed E-state index contributed by atoms with van der Waals surface area (Å²) in [6.07, 6.45) is 0.903. The van der Waals surface area contributed by atoms with Crippen LogP contribution >= 0.6 is 0 Å². The maximum absolute atomic E-state index is 5.20. The van der Waals surface area contributed by atoms with Gasteiger partial charge in [-0.2, -0.15) is 0 Å². The van der Waals surface area contributed by atoms with Gasteiger partial charge in [-0.05, 0) is 16.6 Å². The Morgan fingerprint density at radius 2 is 1.23 bits per heavy atom. The fourth-order valence-electron chi connectivity index (χ4n) is 2.68. The number of hydrogen-bond donors (Lipinski definition) is 0. The van der Waals surface area contributed by atoms with Crippen LogP contribution in [-0.4, -0.2) is 14.3 Å². The van der Waals surface area contributed by atoms with Crippen molar-refractivity contribution in [3.63, 3.8) is 0 Å². The van der Waals surface area contributed by atoms with Crippen LogP contribution in [0.5, 0.6) is 0 Å². The van der Waals surface area contributed by atoms with Gasteiger partial charge in [-0.1, -0.05) is 41.5 Å². The zero-order valence-electron chi connectivity index (χ0n) is 10.1. The Kier molecular flexibility index (Phi) is 5.23. The Morgan fingerprint density at radius 3 is 1.31 bits per heavy atom. The zero-order valence-corrected chi connectivity index (χ0v) is 11.1. The lowest BCUT2D eigenvalue weighted by Crippen LogP contribution is -2.48. The number of ether oxygens (including phenoxy) is 1. The minimum Gasteiger partial charge on any atom is -0.382 e. The third-order valence-corrected chi connectivity index (χ3v) is 10.7. The Labute approximate surface area is 84.9 Å². The Hall–Kier alpha value is 0.177. The van der Waals surface area contributed by atoms with Gasteiger partial charge < -0.3 is 4.74 Å².